The lowest BCUT2D eigenvalue weighted by Gasteiger charge is -2.65. The first kappa shape index (κ1) is 23.5. The standard InChI is InChI=1S/C26H44O5/c1-5-17-19-12-16(27)10-11-25(19,3)20-13-21(28)26(4)15(7-6-14(2)24(30)31)8-9-18(26)22(20)23(17)29/h14-23,27-29H,5-13H2,1-4H3,(H,30,31)/t14-,15+,16-,17-,18?,19+,20?,21+,22?,23-,25+,26-/m1/s1. The fourth-order valence-electron chi connectivity index (χ4n) is 9.10. The van der Waals surface area contributed by atoms with Crippen LogP contribution in [0.5, 0.6) is 0 Å². The summed E-state index contributed by atoms with van der Waals surface area (Å²) in [5.74, 6) is 0.560. The van der Waals surface area contributed by atoms with Gasteiger partial charge in [-0.25, -0.2) is 0 Å². The van der Waals surface area contributed by atoms with E-state index >= 15 is 0 Å². The molecule has 0 aliphatic heterocycles. The van der Waals surface area contributed by atoms with Gasteiger partial charge in [-0.2, -0.15) is 0 Å². The van der Waals surface area contributed by atoms with Gasteiger partial charge >= 0.3 is 5.97 Å². The largest absolute Gasteiger partial charge is 0.481 e. The highest BCUT2D eigenvalue weighted by Gasteiger charge is 2.66. The van der Waals surface area contributed by atoms with E-state index in [2.05, 4.69) is 20.8 Å². The number of rotatable bonds is 5. The molecule has 0 saturated heterocycles. The predicted octanol–water partition coefficient (Wildman–Crippen LogP) is 4.08. The maximum Gasteiger partial charge on any atom is 0.306 e. The molecule has 4 rings (SSSR count). The third-order valence-corrected chi connectivity index (χ3v) is 11.1. The van der Waals surface area contributed by atoms with Crippen molar-refractivity contribution >= 4 is 5.97 Å². The molecule has 0 radical (unpaired) electrons. The van der Waals surface area contributed by atoms with E-state index in [1.165, 1.54) is 0 Å². The van der Waals surface area contributed by atoms with E-state index in [1.807, 2.05) is 0 Å². The van der Waals surface area contributed by atoms with Crippen LogP contribution in [-0.2, 0) is 4.79 Å². The molecule has 4 aliphatic rings. The number of aliphatic hydroxyl groups is 3. The lowest BCUT2D eigenvalue weighted by molar-refractivity contribution is -0.226. The van der Waals surface area contributed by atoms with Crippen LogP contribution in [0.4, 0.5) is 0 Å². The van der Waals surface area contributed by atoms with Crippen molar-refractivity contribution in [3.05, 3.63) is 0 Å². The molecule has 0 spiro atoms. The first-order valence-electron chi connectivity index (χ1n) is 12.8. The number of aliphatic hydroxyl groups excluding tert-OH is 3. The Kier molecular flexibility index (Phi) is 6.28. The Morgan fingerprint density at radius 2 is 1.74 bits per heavy atom. The summed E-state index contributed by atoms with van der Waals surface area (Å²) in [6, 6.07) is 0. The highest BCUT2D eigenvalue weighted by atomic mass is 16.4. The monoisotopic (exact) mass is 436 g/mol. The van der Waals surface area contributed by atoms with E-state index in [-0.39, 0.29) is 40.8 Å². The molecule has 4 saturated carbocycles. The Bertz CT molecular complexity index is 681. The molecule has 4 aliphatic carbocycles. The number of carbonyl (C=O) groups is 1. The van der Waals surface area contributed by atoms with Gasteiger partial charge in [0.25, 0.3) is 0 Å². The summed E-state index contributed by atoms with van der Waals surface area (Å²) in [5.41, 5.74) is -0.169. The van der Waals surface area contributed by atoms with Crippen molar-refractivity contribution in [1.29, 1.82) is 0 Å². The molecule has 0 aromatic rings. The lowest BCUT2D eigenvalue weighted by Crippen LogP contribution is -2.64. The minimum atomic E-state index is -0.740. The number of aliphatic carboxylic acids is 1. The zero-order valence-electron chi connectivity index (χ0n) is 19.8. The number of carboxylic acid groups (broad SMARTS) is 1. The van der Waals surface area contributed by atoms with Crippen LogP contribution in [0.15, 0.2) is 0 Å². The first-order valence-corrected chi connectivity index (χ1v) is 12.8. The molecule has 5 heteroatoms. The second-order valence-corrected chi connectivity index (χ2v) is 12.1. The first-order chi connectivity index (χ1) is 14.6. The minimum Gasteiger partial charge on any atom is -0.481 e. The lowest BCUT2D eigenvalue weighted by atomic mass is 9.41. The smallest absolute Gasteiger partial charge is 0.306 e. The highest BCUT2D eigenvalue weighted by molar-refractivity contribution is 5.69. The Morgan fingerprint density at radius 3 is 2.39 bits per heavy atom. The Morgan fingerprint density at radius 1 is 1.03 bits per heavy atom. The highest BCUT2D eigenvalue weighted by Crippen LogP contribution is 2.69. The van der Waals surface area contributed by atoms with Crippen LogP contribution in [0.25, 0.3) is 0 Å². The van der Waals surface area contributed by atoms with Crippen LogP contribution in [0.3, 0.4) is 0 Å². The molecule has 4 fully saturated rings. The topological polar surface area (TPSA) is 98.0 Å². The van der Waals surface area contributed by atoms with Crippen LogP contribution in [0, 0.1) is 52.3 Å². The molecule has 12 atom stereocenters. The molecule has 0 aromatic heterocycles. The van der Waals surface area contributed by atoms with Crippen LogP contribution in [-0.4, -0.2) is 44.7 Å². The number of carboxylic acids is 1. The molecule has 3 unspecified atom stereocenters. The molecular formula is C26H44O5. The van der Waals surface area contributed by atoms with Gasteiger partial charge in [0, 0.05) is 0 Å². The molecule has 178 valence electrons. The fraction of sp³-hybridized carbons (Fsp3) is 0.962. The van der Waals surface area contributed by atoms with Gasteiger partial charge in [-0.05, 0) is 97.7 Å². The summed E-state index contributed by atoms with van der Waals surface area (Å²) in [4.78, 5) is 11.3. The molecule has 31 heavy (non-hydrogen) atoms. The van der Waals surface area contributed by atoms with Crippen molar-refractivity contribution in [2.45, 2.75) is 104 Å². The molecule has 5 nitrogen and oxygen atoms in total. The average molecular weight is 437 g/mol. The van der Waals surface area contributed by atoms with Gasteiger partial charge < -0.3 is 20.4 Å². The van der Waals surface area contributed by atoms with E-state index in [9.17, 15) is 25.2 Å². The predicted molar refractivity (Wildman–Crippen MR) is 119 cm³/mol. The van der Waals surface area contributed by atoms with Crippen molar-refractivity contribution in [2.75, 3.05) is 0 Å². The second kappa shape index (κ2) is 8.29. The van der Waals surface area contributed by atoms with Gasteiger partial charge in [0.05, 0.1) is 24.2 Å². The van der Waals surface area contributed by atoms with E-state index < -0.39 is 12.1 Å². The molecule has 0 bridgehead atoms. The summed E-state index contributed by atoms with van der Waals surface area (Å²) in [5, 5.41) is 42.9. The maximum atomic E-state index is 11.7. The van der Waals surface area contributed by atoms with Crippen molar-refractivity contribution in [3.63, 3.8) is 0 Å². The van der Waals surface area contributed by atoms with E-state index in [0.29, 0.717) is 30.1 Å². The molecule has 0 heterocycles. The van der Waals surface area contributed by atoms with Crippen molar-refractivity contribution in [2.24, 2.45) is 52.3 Å². The van der Waals surface area contributed by atoms with Crippen LogP contribution < -0.4 is 0 Å². The summed E-state index contributed by atoms with van der Waals surface area (Å²) in [7, 11) is 0. The minimum absolute atomic E-state index is 0.0714. The van der Waals surface area contributed by atoms with Crippen molar-refractivity contribution in [1.82, 2.24) is 0 Å². The zero-order valence-corrected chi connectivity index (χ0v) is 19.8. The SMILES string of the molecule is CC[C@H]1[C@@H](O)C2C3CC[C@H](CC[C@@H](C)C(=O)O)[C@@]3(C)[C@@H](O)CC2[C@@]2(C)CC[C@@H](O)C[C@@H]12. The number of hydrogen-bond acceptors (Lipinski definition) is 4. The third-order valence-electron chi connectivity index (χ3n) is 11.1. The van der Waals surface area contributed by atoms with Crippen molar-refractivity contribution < 1.29 is 25.2 Å². The molecule has 0 amide bonds. The van der Waals surface area contributed by atoms with Crippen molar-refractivity contribution in [3.8, 4) is 0 Å². The Hall–Kier alpha value is -0.650. The zero-order chi connectivity index (χ0) is 22.7. The van der Waals surface area contributed by atoms with Gasteiger partial charge in [-0.15, -0.1) is 0 Å². The molecular weight excluding hydrogens is 392 g/mol. The summed E-state index contributed by atoms with van der Waals surface area (Å²) in [6.45, 7) is 8.57. The molecule has 0 aromatic carbocycles. The Labute approximate surface area is 187 Å². The van der Waals surface area contributed by atoms with Gasteiger partial charge in [-0.1, -0.05) is 34.1 Å². The average Bonchev–Trinajstić information content (AvgIpc) is 3.06. The second-order valence-electron chi connectivity index (χ2n) is 12.1. The normalized spacial score (nSPS) is 52.7. The maximum absolute atomic E-state index is 11.7. The van der Waals surface area contributed by atoms with E-state index in [4.69, 9.17) is 0 Å². The van der Waals surface area contributed by atoms with E-state index in [0.717, 1.165) is 51.4 Å². The number of hydrogen-bond donors (Lipinski definition) is 4. The van der Waals surface area contributed by atoms with Gasteiger partial charge in [-0.3, -0.25) is 4.79 Å². The quantitative estimate of drug-likeness (QED) is 0.520. The summed E-state index contributed by atoms with van der Waals surface area (Å²) >= 11 is 0. The van der Waals surface area contributed by atoms with Gasteiger partial charge in [0.1, 0.15) is 0 Å². The molecule has 4 N–H and O–H groups in total. The van der Waals surface area contributed by atoms with E-state index in [1.54, 1.807) is 6.92 Å². The van der Waals surface area contributed by atoms with Crippen LogP contribution in [0.1, 0.15) is 85.5 Å². The number of fused-ring (bicyclic) bond motifs is 5. The van der Waals surface area contributed by atoms with Crippen LogP contribution >= 0.6 is 0 Å². The van der Waals surface area contributed by atoms with Gasteiger partial charge in [0.2, 0.25) is 0 Å². The Balaban J connectivity index is 1.63. The summed E-state index contributed by atoms with van der Waals surface area (Å²) in [6.07, 6.45) is 6.78. The fourth-order valence-corrected chi connectivity index (χ4v) is 9.10. The third kappa shape index (κ3) is 3.49. The van der Waals surface area contributed by atoms with Gasteiger partial charge in [0.15, 0.2) is 0 Å². The summed E-state index contributed by atoms with van der Waals surface area (Å²) < 4.78 is 0. The van der Waals surface area contributed by atoms with Crippen LogP contribution in [0.2, 0.25) is 0 Å².